The van der Waals surface area contributed by atoms with E-state index in [0.717, 1.165) is 7.85 Å². The second-order valence-corrected chi connectivity index (χ2v) is 11.6. The molecule has 1 heterocycles. The van der Waals surface area contributed by atoms with Crippen LogP contribution in [0.5, 0.6) is 0 Å². The Morgan fingerprint density at radius 2 is 1.83 bits per heavy atom. The summed E-state index contributed by atoms with van der Waals surface area (Å²) in [6.07, 6.45) is 4.22. The van der Waals surface area contributed by atoms with Gasteiger partial charge < -0.3 is 0 Å². The second kappa shape index (κ2) is 4.77. The Kier molecular flexibility index (Phi) is 4.26. The summed E-state index contributed by atoms with van der Waals surface area (Å²) in [5.41, 5.74) is 11.7. The van der Waals surface area contributed by atoms with Gasteiger partial charge >= 0.3 is 82.8 Å². The number of rotatable bonds is 2. The molecular formula is C9H21IN2. The molecule has 0 saturated carbocycles. The summed E-state index contributed by atoms with van der Waals surface area (Å²) in [4.78, 5) is 0. The molecule has 1 saturated heterocycles. The average Bonchev–Trinajstić information content (AvgIpc) is 2.03. The van der Waals surface area contributed by atoms with E-state index in [1.165, 1.54) is 19.3 Å². The first-order valence-electron chi connectivity index (χ1n) is 4.78. The van der Waals surface area contributed by atoms with Gasteiger partial charge in [0.2, 0.25) is 0 Å². The van der Waals surface area contributed by atoms with Crippen molar-refractivity contribution in [2.75, 3.05) is 6.54 Å². The minimum atomic E-state index is -0.937. The predicted molar refractivity (Wildman–Crippen MR) is 63.8 cm³/mol. The van der Waals surface area contributed by atoms with E-state index in [2.05, 4.69) is 13.8 Å². The molecule has 0 amide bonds. The summed E-state index contributed by atoms with van der Waals surface area (Å²) in [6, 6.07) is 0. The van der Waals surface area contributed by atoms with Crippen LogP contribution < -0.4 is 11.5 Å². The van der Waals surface area contributed by atoms with Gasteiger partial charge in [-0.1, -0.05) is 0 Å². The number of hydrogen-bond donors (Lipinski definition) is 2. The summed E-state index contributed by atoms with van der Waals surface area (Å²) < 4.78 is 2.23. The third-order valence-corrected chi connectivity index (χ3v) is 11.1. The molecule has 0 aromatic carbocycles. The van der Waals surface area contributed by atoms with Crippen molar-refractivity contribution in [2.45, 2.75) is 45.0 Å². The molecule has 0 radical (unpaired) electrons. The van der Waals surface area contributed by atoms with E-state index in [0.29, 0.717) is 10.6 Å². The van der Waals surface area contributed by atoms with E-state index < -0.39 is 19.8 Å². The minimum absolute atomic E-state index is 0.375. The zero-order valence-corrected chi connectivity index (χ0v) is 10.3. The predicted octanol–water partition coefficient (Wildman–Crippen LogP) is 1.70. The van der Waals surface area contributed by atoms with Crippen LogP contribution >= 0.6 is 19.8 Å². The topological polar surface area (TPSA) is 52.0 Å². The number of hydrogen-bond acceptors (Lipinski definition) is 2. The van der Waals surface area contributed by atoms with E-state index in [-0.39, 0.29) is 0 Å². The Bertz CT molecular complexity index is 125. The van der Waals surface area contributed by atoms with Crippen LogP contribution in [-0.2, 0) is 0 Å². The van der Waals surface area contributed by atoms with Crippen molar-refractivity contribution in [1.29, 1.82) is 0 Å². The van der Waals surface area contributed by atoms with E-state index in [1.54, 1.807) is 0 Å². The van der Waals surface area contributed by atoms with Gasteiger partial charge in [-0.25, -0.2) is 0 Å². The van der Waals surface area contributed by atoms with Crippen molar-refractivity contribution in [1.82, 2.24) is 0 Å². The van der Waals surface area contributed by atoms with Crippen LogP contribution in [0.1, 0.15) is 33.1 Å². The number of nitrogens with two attached hydrogens (primary N) is 2. The summed E-state index contributed by atoms with van der Waals surface area (Å²) in [5, 5.41) is 0. The molecule has 4 N–H and O–H groups in total. The van der Waals surface area contributed by atoms with Crippen molar-refractivity contribution in [3.63, 3.8) is 0 Å². The van der Waals surface area contributed by atoms with Crippen LogP contribution in [0.4, 0.5) is 0 Å². The Balaban J connectivity index is 2.56. The van der Waals surface area contributed by atoms with Crippen LogP contribution in [0.3, 0.4) is 0 Å². The third kappa shape index (κ3) is 2.33. The molecule has 0 spiro atoms. The fourth-order valence-corrected chi connectivity index (χ4v) is 10.1. The molecule has 0 aromatic heterocycles. The van der Waals surface area contributed by atoms with Crippen LogP contribution in [0.25, 0.3) is 0 Å². The van der Waals surface area contributed by atoms with E-state index in [4.69, 9.17) is 11.5 Å². The molecule has 0 bridgehead atoms. The van der Waals surface area contributed by atoms with Crippen molar-refractivity contribution >= 4 is 19.8 Å². The van der Waals surface area contributed by atoms with E-state index >= 15 is 0 Å². The quantitative estimate of drug-likeness (QED) is 0.460. The van der Waals surface area contributed by atoms with Crippen molar-refractivity contribution in [3.8, 4) is 0 Å². The monoisotopic (exact) mass is 284 g/mol. The normalized spacial score (nSPS) is 36.5. The average molecular weight is 284 g/mol. The fourth-order valence-electron chi connectivity index (χ4n) is 1.95. The first-order valence-corrected chi connectivity index (χ1v) is 8.51. The molecule has 2 nitrogen and oxygen atoms in total. The molecule has 1 aliphatic heterocycles. The Hall–Kier alpha value is 0.650. The summed E-state index contributed by atoms with van der Waals surface area (Å²) in [6.45, 7) is 5.48. The van der Waals surface area contributed by atoms with Crippen LogP contribution in [0.15, 0.2) is 0 Å². The van der Waals surface area contributed by atoms with Gasteiger partial charge in [0, 0.05) is 0 Å². The molecule has 0 aromatic rings. The first-order chi connectivity index (χ1) is 5.66. The summed E-state index contributed by atoms with van der Waals surface area (Å²) in [5.74, 6) is 0. The Labute approximate surface area is 82.8 Å². The molecule has 74 valence electrons. The summed E-state index contributed by atoms with van der Waals surface area (Å²) >= 11 is -0.937. The standard InChI is InChI=1S/C9H21IN2/c1-7-4-3-5-8(2)10(7)9(12)6-11/h7-9H,3-6,11-12H2,1-2H3/t7-,8+,9-/m1/s1. The van der Waals surface area contributed by atoms with Gasteiger partial charge in [0.15, 0.2) is 0 Å². The van der Waals surface area contributed by atoms with Gasteiger partial charge in [-0.15, -0.1) is 0 Å². The van der Waals surface area contributed by atoms with Gasteiger partial charge in [-0.3, -0.25) is 0 Å². The third-order valence-electron chi connectivity index (χ3n) is 2.61. The zero-order chi connectivity index (χ0) is 9.14. The van der Waals surface area contributed by atoms with Gasteiger partial charge in [-0.2, -0.15) is 0 Å². The molecule has 1 rings (SSSR count). The van der Waals surface area contributed by atoms with E-state index in [9.17, 15) is 0 Å². The van der Waals surface area contributed by atoms with Gasteiger partial charge in [0.1, 0.15) is 0 Å². The molecule has 12 heavy (non-hydrogen) atoms. The molecule has 1 fully saturated rings. The molecule has 0 unspecified atom stereocenters. The maximum absolute atomic E-state index is 6.07. The first kappa shape index (κ1) is 10.7. The number of halogens is 1. The maximum atomic E-state index is 6.07. The Morgan fingerprint density at radius 1 is 1.33 bits per heavy atom. The Morgan fingerprint density at radius 3 is 2.25 bits per heavy atom. The van der Waals surface area contributed by atoms with Crippen LogP contribution in [0, 0.1) is 0 Å². The SMILES string of the molecule is C[C@@H]1CCC[C@H](C)I1[C@H](N)CN. The molecular weight excluding hydrogens is 263 g/mol. The molecule has 3 heteroatoms. The fraction of sp³-hybridized carbons (Fsp3) is 1.00. The van der Waals surface area contributed by atoms with Gasteiger partial charge in [0.25, 0.3) is 0 Å². The van der Waals surface area contributed by atoms with E-state index in [1.807, 2.05) is 0 Å². The van der Waals surface area contributed by atoms with Gasteiger partial charge in [-0.05, 0) is 0 Å². The van der Waals surface area contributed by atoms with Crippen molar-refractivity contribution in [3.05, 3.63) is 0 Å². The molecule has 0 aliphatic carbocycles. The van der Waals surface area contributed by atoms with Crippen molar-refractivity contribution in [2.24, 2.45) is 11.5 Å². The number of alkyl halides is 3. The van der Waals surface area contributed by atoms with Crippen LogP contribution in [-0.4, -0.2) is 18.4 Å². The van der Waals surface area contributed by atoms with Crippen LogP contribution in [0.2, 0.25) is 0 Å². The summed E-state index contributed by atoms with van der Waals surface area (Å²) in [7, 11) is 0. The second-order valence-electron chi connectivity index (χ2n) is 3.62. The molecule has 3 atom stereocenters. The molecule has 1 aliphatic rings. The van der Waals surface area contributed by atoms with Crippen molar-refractivity contribution < 1.29 is 0 Å². The van der Waals surface area contributed by atoms with Gasteiger partial charge in [0.05, 0.1) is 0 Å². The zero-order valence-electron chi connectivity index (χ0n) is 8.09.